The highest BCUT2D eigenvalue weighted by Crippen LogP contribution is 2.28. The van der Waals surface area contributed by atoms with Gasteiger partial charge in [0.25, 0.3) is 5.91 Å². The first-order valence-electron chi connectivity index (χ1n) is 7.82. The SMILES string of the molecule is Cc1cc(C(=O)N2CCOC[C@H](CO)C2)c(-c2ccccc2)o1. The van der Waals surface area contributed by atoms with E-state index in [-0.39, 0.29) is 18.4 Å². The predicted octanol–water partition coefficient (Wildman–Crippen LogP) is 2.34. The molecule has 1 amide bonds. The van der Waals surface area contributed by atoms with Crippen molar-refractivity contribution in [3.8, 4) is 11.3 Å². The Morgan fingerprint density at radius 1 is 1.35 bits per heavy atom. The normalized spacial score (nSPS) is 18.7. The highest BCUT2D eigenvalue weighted by molar-refractivity contribution is 5.99. The third-order valence-electron chi connectivity index (χ3n) is 4.00. The standard InChI is InChI=1S/C18H21NO4/c1-13-9-16(17(23-13)15-5-3-2-4-6-15)18(21)19-7-8-22-12-14(10-19)11-20/h2-6,9,14,20H,7-8,10-12H2,1H3/t14-/m0/s1. The summed E-state index contributed by atoms with van der Waals surface area (Å²) in [6, 6.07) is 11.4. The minimum Gasteiger partial charge on any atom is -0.461 e. The van der Waals surface area contributed by atoms with Crippen molar-refractivity contribution >= 4 is 5.91 Å². The Labute approximate surface area is 135 Å². The summed E-state index contributed by atoms with van der Waals surface area (Å²) < 4.78 is 11.2. The van der Waals surface area contributed by atoms with E-state index in [0.29, 0.717) is 43.4 Å². The molecule has 23 heavy (non-hydrogen) atoms. The van der Waals surface area contributed by atoms with E-state index in [9.17, 15) is 9.90 Å². The molecule has 0 spiro atoms. The smallest absolute Gasteiger partial charge is 0.257 e. The summed E-state index contributed by atoms with van der Waals surface area (Å²) in [4.78, 5) is 14.7. The van der Waals surface area contributed by atoms with E-state index in [0.717, 1.165) is 5.56 Å². The quantitative estimate of drug-likeness (QED) is 0.944. The summed E-state index contributed by atoms with van der Waals surface area (Å²) in [6.45, 7) is 3.84. The van der Waals surface area contributed by atoms with Crippen LogP contribution in [0.25, 0.3) is 11.3 Å². The molecular weight excluding hydrogens is 294 g/mol. The van der Waals surface area contributed by atoms with Crippen LogP contribution < -0.4 is 0 Å². The van der Waals surface area contributed by atoms with Gasteiger partial charge in [-0.15, -0.1) is 0 Å². The Morgan fingerprint density at radius 3 is 2.87 bits per heavy atom. The van der Waals surface area contributed by atoms with Gasteiger partial charge < -0.3 is 19.2 Å². The first kappa shape index (κ1) is 15.8. The number of carbonyl (C=O) groups excluding carboxylic acids is 1. The molecule has 1 fully saturated rings. The number of ether oxygens (including phenoxy) is 1. The summed E-state index contributed by atoms with van der Waals surface area (Å²) in [5.41, 5.74) is 1.45. The van der Waals surface area contributed by atoms with Crippen molar-refractivity contribution < 1.29 is 19.1 Å². The fourth-order valence-electron chi connectivity index (χ4n) is 2.82. The topological polar surface area (TPSA) is 62.9 Å². The number of furan rings is 1. The number of aliphatic hydroxyl groups excluding tert-OH is 1. The van der Waals surface area contributed by atoms with Crippen molar-refractivity contribution in [3.63, 3.8) is 0 Å². The van der Waals surface area contributed by atoms with Gasteiger partial charge in [-0.2, -0.15) is 0 Å². The number of hydrogen-bond acceptors (Lipinski definition) is 4. The van der Waals surface area contributed by atoms with Crippen molar-refractivity contribution in [2.75, 3.05) is 32.9 Å². The Morgan fingerprint density at radius 2 is 2.13 bits per heavy atom. The molecule has 0 radical (unpaired) electrons. The molecule has 5 heteroatoms. The van der Waals surface area contributed by atoms with E-state index in [1.165, 1.54) is 0 Å². The van der Waals surface area contributed by atoms with Crippen LogP contribution in [0.1, 0.15) is 16.1 Å². The van der Waals surface area contributed by atoms with Gasteiger partial charge in [-0.05, 0) is 13.0 Å². The zero-order chi connectivity index (χ0) is 16.2. The van der Waals surface area contributed by atoms with Crippen molar-refractivity contribution in [3.05, 3.63) is 47.7 Å². The molecule has 1 N–H and O–H groups in total. The maximum atomic E-state index is 13.0. The summed E-state index contributed by atoms with van der Waals surface area (Å²) >= 11 is 0. The number of aliphatic hydroxyl groups is 1. The van der Waals surface area contributed by atoms with Crippen LogP contribution in [0.3, 0.4) is 0 Å². The van der Waals surface area contributed by atoms with Crippen LogP contribution in [0.5, 0.6) is 0 Å². The highest BCUT2D eigenvalue weighted by Gasteiger charge is 2.26. The maximum Gasteiger partial charge on any atom is 0.257 e. The first-order valence-corrected chi connectivity index (χ1v) is 7.82. The molecule has 3 rings (SSSR count). The van der Waals surface area contributed by atoms with Crippen LogP contribution >= 0.6 is 0 Å². The second-order valence-corrected chi connectivity index (χ2v) is 5.84. The molecule has 0 aliphatic carbocycles. The lowest BCUT2D eigenvalue weighted by Gasteiger charge is -2.22. The van der Waals surface area contributed by atoms with E-state index < -0.39 is 0 Å². The van der Waals surface area contributed by atoms with Gasteiger partial charge >= 0.3 is 0 Å². The molecule has 0 saturated carbocycles. The zero-order valence-electron chi connectivity index (χ0n) is 13.2. The van der Waals surface area contributed by atoms with Crippen LogP contribution in [0.2, 0.25) is 0 Å². The third kappa shape index (κ3) is 3.46. The Hall–Kier alpha value is -2.11. The minimum absolute atomic E-state index is 0.0136. The molecule has 122 valence electrons. The van der Waals surface area contributed by atoms with Gasteiger partial charge in [-0.3, -0.25) is 4.79 Å². The van der Waals surface area contributed by atoms with Gasteiger partial charge in [0.15, 0.2) is 0 Å². The Bertz CT molecular complexity index is 665. The number of benzene rings is 1. The number of amides is 1. The predicted molar refractivity (Wildman–Crippen MR) is 86.2 cm³/mol. The van der Waals surface area contributed by atoms with E-state index in [1.807, 2.05) is 37.3 Å². The van der Waals surface area contributed by atoms with Gasteiger partial charge in [-0.25, -0.2) is 0 Å². The summed E-state index contributed by atoms with van der Waals surface area (Å²) in [5, 5.41) is 9.39. The molecule has 1 aliphatic rings. The lowest BCUT2D eigenvalue weighted by Crippen LogP contribution is -2.36. The van der Waals surface area contributed by atoms with Crippen molar-refractivity contribution in [1.29, 1.82) is 0 Å². The monoisotopic (exact) mass is 315 g/mol. The Kier molecular flexibility index (Phi) is 4.79. The Balaban J connectivity index is 1.90. The largest absolute Gasteiger partial charge is 0.461 e. The average Bonchev–Trinajstić information content (AvgIpc) is 2.82. The van der Waals surface area contributed by atoms with Gasteiger partial charge in [0.05, 0.1) is 18.8 Å². The molecule has 1 atom stereocenters. The number of nitrogens with zero attached hydrogens (tertiary/aromatic N) is 1. The number of rotatable bonds is 3. The van der Waals surface area contributed by atoms with Gasteiger partial charge in [-0.1, -0.05) is 30.3 Å². The number of carbonyl (C=O) groups is 1. The average molecular weight is 315 g/mol. The first-order chi connectivity index (χ1) is 11.2. The van der Waals surface area contributed by atoms with Crippen LogP contribution in [-0.2, 0) is 4.74 Å². The van der Waals surface area contributed by atoms with E-state index in [1.54, 1.807) is 11.0 Å². The van der Waals surface area contributed by atoms with Gasteiger partial charge in [0.2, 0.25) is 0 Å². The second kappa shape index (κ2) is 6.98. The van der Waals surface area contributed by atoms with Crippen LogP contribution in [0.4, 0.5) is 0 Å². The van der Waals surface area contributed by atoms with Gasteiger partial charge in [0.1, 0.15) is 11.5 Å². The summed E-state index contributed by atoms with van der Waals surface area (Å²) in [5.74, 6) is 1.18. The molecule has 0 unspecified atom stereocenters. The lowest BCUT2D eigenvalue weighted by molar-refractivity contribution is 0.0728. The second-order valence-electron chi connectivity index (χ2n) is 5.84. The van der Waals surface area contributed by atoms with Crippen LogP contribution in [0.15, 0.2) is 40.8 Å². The lowest BCUT2D eigenvalue weighted by atomic mass is 10.1. The fourth-order valence-corrected chi connectivity index (χ4v) is 2.82. The van der Waals surface area contributed by atoms with Crippen LogP contribution in [-0.4, -0.2) is 48.8 Å². The van der Waals surface area contributed by atoms with E-state index >= 15 is 0 Å². The van der Waals surface area contributed by atoms with E-state index in [2.05, 4.69) is 0 Å². The molecule has 1 aromatic carbocycles. The van der Waals surface area contributed by atoms with Crippen molar-refractivity contribution in [2.45, 2.75) is 6.92 Å². The molecule has 1 aromatic heterocycles. The zero-order valence-corrected chi connectivity index (χ0v) is 13.2. The van der Waals surface area contributed by atoms with Crippen molar-refractivity contribution in [2.24, 2.45) is 5.92 Å². The number of aryl methyl sites for hydroxylation is 1. The molecule has 1 saturated heterocycles. The summed E-state index contributed by atoms with van der Waals surface area (Å²) in [7, 11) is 0. The molecule has 5 nitrogen and oxygen atoms in total. The van der Waals surface area contributed by atoms with Gasteiger partial charge in [0, 0.05) is 31.2 Å². The minimum atomic E-state index is -0.0790. The molecule has 2 aromatic rings. The number of hydrogen-bond donors (Lipinski definition) is 1. The molecule has 2 heterocycles. The maximum absolute atomic E-state index is 13.0. The molecule has 0 bridgehead atoms. The highest BCUT2D eigenvalue weighted by atomic mass is 16.5. The fraction of sp³-hybridized carbons (Fsp3) is 0.389. The van der Waals surface area contributed by atoms with Crippen molar-refractivity contribution in [1.82, 2.24) is 4.90 Å². The molecule has 1 aliphatic heterocycles. The molecular formula is C18H21NO4. The summed E-state index contributed by atoms with van der Waals surface area (Å²) in [6.07, 6.45) is 0. The third-order valence-corrected chi connectivity index (χ3v) is 4.00. The van der Waals surface area contributed by atoms with Crippen LogP contribution in [0, 0.1) is 12.8 Å². The van der Waals surface area contributed by atoms with E-state index in [4.69, 9.17) is 9.15 Å².